The molecule has 2 aromatic rings. The summed E-state index contributed by atoms with van der Waals surface area (Å²) < 4.78 is 11.1. The maximum absolute atomic E-state index is 5.66. The first-order valence-electron chi connectivity index (χ1n) is 11.4. The molecule has 0 amide bonds. The molecule has 1 aromatic heterocycles. The largest absolute Gasteiger partial charge is 0.381 e. The number of rotatable bonds is 9. The molecular formula is C24H37N5O2. The van der Waals surface area contributed by atoms with Gasteiger partial charge in [-0.3, -0.25) is 4.99 Å². The fourth-order valence-electron chi connectivity index (χ4n) is 4.20. The summed E-state index contributed by atoms with van der Waals surface area (Å²) in [7, 11) is 1.81. The fraction of sp³-hybridized carbons (Fsp3) is 0.583. The van der Waals surface area contributed by atoms with Crippen molar-refractivity contribution in [3.8, 4) is 0 Å². The SMILES string of the molecule is CCc1noc(CC)c1CNC(=NC)NCC1(NC(C)c2ccccc2)CCOCC1. The lowest BCUT2D eigenvalue weighted by Gasteiger charge is -2.41. The van der Waals surface area contributed by atoms with Crippen LogP contribution in [0, 0.1) is 0 Å². The van der Waals surface area contributed by atoms with Gasteiger partial charge in [0.25, 0.3) is 0 Å². The van der Waals surface area contributed by atoms with Crippen LogP contribution in [-0.4, -0.2) is 43.5 Å². The number of benzene rings is 1. The highest BCUT2D eigenvalue weighted by molar-refractivity contribution is 5.79. The molecular weight excluding hydrogens is 390 g/mol. The third-order valence-electron chi connectivity index (χ3n) is 6.13. The van der Waals surface area contributed by atoms with Gasteiger partial charge >= 0.3 is 0 Å². The highest BCUT2D eigenvalue weighted by atomic mass is 16.5. The van der Waals surface area contributed by atoms with Crippen molar-refractivity contribution in [2.45, 2.75) is 64.6 Å². The number of hydrogen-bond donors (Lipinski definition) is 3. The molecule has 0 saturated carbocycles. The van der Waals surface area contributed by atoms with Gasteiger partial charge in [-0.15, -0.1) is 0 Å². The monoisotopic (exact) mass is 427 g/mol. The first-order valence-corrected chi connectivity index (χ1v) is 11.4. The number of guanidine groups is 1. The molecule has 7 nitrogen and oxygen atoms in total. The van der Waals surface area contributed by atoms with E-state index in [-0.39, 0.29) is 11.6 Å². The Morgan fingerprint density at radius 3 is 2.52 bits per heavy atom. The molecule has 3 N–H and O–H groups in total. The summed E-state index contributed by atoms with van der Waals surface area (Å²) in [6, 6.07) is 10.8. The van der Waals surface area contributed by atoms with Crippen molar-refractivity contribution in [3.05, 3.63) is 52.9 Å². The Bertz CT molecular complexity index is 806. The topological polar surface area (TPSA) is 83.7 Å². The molecule has 1 aliphatic heterocycles. The minimum atomic E-state index is -0.0501. The Balaban J connectivity index is 1.63. The fourth-order valence-corrected chi connectivity index (χ4v) is 4.20. The smallest absolute Gasteiger partial charge is 0.191 e. The number of nitrogens with one attached hydrogen (secondary N) is 3. The minimum Gasteiger partial charge on any atom is -0.381 e. The van der Waals surface area contributed by atoms with Crippen molar-refractivity contribution < 1.29 is 9.26 Å². The normalized spacial score (nSPS) is 17.4. The number of hydrogen-bond acceptors (Lipinski definition) is 5. The Kier molecular flexibility index (Phi) is 8.49. The zero-order valence-electron chi connectivity index (χ0n) is 19.3. The maximum Gasteiger partial charge on any atom is 0.191 e. The van der Waals surface area contributed by atoms with Gasteiger partial charge in [0.15, 0.2) is 5.96 Å². The molecule has 2 heterocycles. The summed E-state index contributed by atoms with van der Waals surface area (Å²) >= 11 is 0. The van der Waals surface area contributed by atoms with Gasteiger partial charge in [-0.1, -0.05) is 49.3 Å². The van der Waals surface area contributed by atoms with Crippen molar-refractivity contribution in [3.63, 3.8) is 0 Å². The summed E-state index contributed by atoms with van der Waals surface area (Å²) in [5, 5.41) is 15.1. The van der Waals surface area contributed by atoms with E-state index < -0.39 is 0 Å². The summed E-state index contributed by atoms with van der Waals surface area (Å²) in [6.45, 7) is 9.38. The van der Waals surface area contributed by atoms with Crippen LogP contribution in [0.1, 0.15) is 62.2 Å². The predicted molar refractivity (Wildman–Crippen MR) is 124 cm³/mol. The Morgan fingerprint density at radius 2 is 1.87 bits per heavy atom. The standard InChI is InChI=1S/C24H37N5O2/c1-5-21-20(22(6-2)31-29-21)16-26-23(25-4)27-17-24(12-14-30-15-13-24)28-18(3)19-10-8-7-9-11-19/h7-11,18,28H,5-6,12-17H2,1-4H3,(H2,25,26,27). The van der Waals surface area contributed by atoms with E-state index in [9.17, 15) is 0 Å². The third-order valence-corrected chi connectivity index (χ3v) is 6.13. The van der Waals surface area contributed by atoms with Gasteiger partial charge < -0.3 is 25.2 Å². The lowest BCUT2D eigenvalue weighted by Crippen LogP contribution is -2.58. The van der Waals surface area contributed by atoms with E-state index in [1.54, 1.807) is 7.05 Å². The van der Waals surface area contributed by atoms with E-state index in [0.717, 1.165) is 68.4 Å². The molecule has 1 atom stereocenters. The van der Waals surface area contributed by atoms with Crippen LogP contribution in [0.4, 0.5) is 0 Å². The Hall–Kier alpha value is -2.38. The van der Waals surface area contributed by atoms with E-state index in [1.165, 1.54) is 5.56 Å². The van der Waals surface area contributed by atoms with E-state index in [0.29, 0.717) is 6.54 Å². The molecule has 0 radical (unpaired) electrons. The van der Waals surface area contributed by atoms with Gasteiger partial charge in [0.2, 0.25) is 0 Å². The van der Waals surface area contributed by atoms with Crippen LogP contribution in [-0.2, 0) is 24.1 Å². The lowest BCUT2D eigenvalue weighted by molar-refractivity contribution is 0.0355. The molecule has 0 bridgehead atoms. The summed E-state index contributed by atoms with van der Waals surface area (Å²) in [6.07, 6.45) is 3.61. The maximum atomic E-state index is 5.66. The van der Waals surface area contributed by atoms with Crippen molar-refractivity contribution in [2.75, 3.05) is 26.8 Å². The van der Waals surface area contributed by atoms with Gasteiger partial charge in [0.05, 0.1) is 5.69 Å². The van der Waals surface area contributed by atoms with Crippen LogP contribution in [0.3, 0.4) is 0 Å². The molecule has 1 aliphatic rings. The van der Waals surface area contributed by atoms with E-state index in [1.807, 2.05) is 0 Å². The average molecular weight is 428 g/mol. The second-order valence-corrected chi connectivity index (χ2v) is 8.19. The van der Waals surface area contributed by atoms with Crippen molar-refractivity contribution in [1.82, 2.24) is 21.1 Å². The number of aromatic nitrogens is 1. The summed E-state index contributed by atoms with van der Waals surface area (Å²) in [5.41, 5.74) is 3.40. The molecule has 3 rings (SSSR count). The van der Waals surface area contributed by atoms with Crippen LogP contribution >= 0.6 is 0 Å². The van der Waals surface area contributed by atoms with Gasteiger partial charge in [0, 0.05) is 56.9 Å². The Morgan fingerprint density at radius 1 is 1.13 bits per heavy atom. The van der Waals surface area contributed by atoms with Gasteiger partial charge in [-0.2, -0.15) is 0 Å². The van der Waals surface area contributed by atoms with Crippen LogP contribution in [0.15, 0.2) is 39.8 Å². The van der Waals surface area contributed by atoms with E-state index in [2.05, 4.69) is 77.2 Å². The quantitative estimate of drug-likeness (QED) is 0.420. The van der Waals surface area contributed by atoms with Crippen molar-refractivity contribution in [2.24, 2.45) is 4.99 Å². The molecule has 7 heteroatoms. The number of aliphatic imine (C=N–C) groups is 1. The second-order valence-electron chi connectivity index (χ2n) is 8.19. The highest BCUT2D eigenvalue weighted by Gasteiger charge is 2.34. The third kappa shape index (κ3) is 6.08. The van der Waals surface area contributed by atoms with Crippen LogP contribution in [0.2, 0.25) is 0 Å². The average Bonchev–Trinajstić information content (AvgIpc) is 3.22. The molecule has 1 saturated heterocycles. The van der Waals surface area contributed by atoms with Gasteiger partial charge in [-0.05, 0) is 31.7 Å². The Labute approximate surface area is 186 Å². The molecule has 0 aliphatic carbocycles. The van der Waals surface area contributed by atoms with E-state index in [4.69, 9.17) is 9.26 Å². The molecule has 170 valence electrons. The predicted octanol–water partition coefficient (Wildman–Crippen LogP) is 3.36. The number of ether oxygens (including phenoxy) is 1. The summed E-state index contributed by atoms with van der Waals surface area (Å²) in [5.74, 6) is 1.73. The first-order chi connectivity index (χ1) is 15.1. The molecule has 1 fully saturated rings. The zero-order chi connectivity index (χ0) is 22.1. The number of aryl methyl sites for hydroxylation is 2. The van der Waals surface area contributed by atoms with Gasteiger partial charge in [0.1, 0.15) is 5.76 Å². The van der Waals surface area contributed by atoms with Crippen LogP contribution in [0.5, 0.6) is 0 Å². The zero-order valence-corrected chi connectivity index (χ0v) is 19.3. The van der Waals surface area contributed by atoms with E-state index >= 15 is 0 Å². The van der Waals surface area contributed by atoms with Gasteiger partial charge in [-0.25, -0.2) is 0 Å². The second kappa shape index (κ2) is 11.3. The molecule has 0 spiro atoms. The first kappa shape index (κ1) is 23.3. The minimum absolute atomic E-state index is 0.0501. The van der Waals surface area contributed by atoms with Crippen molar-refractivity contribution in [1.29, 1.82) is 0 Å². The lowest BCUT2D eigenvalue weighted by atomic mass is 9.88. The molecule has 1 aromatic carbocycles. The van der Waals surface area contributed by atoms with Crippen molar-refractivity contribution >= 4 is 5.96 Å². The number of nitrogens with zero attached hydrogens (tertiary/aromatic N) is 2. The highest BCUT2D eigenvalue weighted by Crippen LogP contribution is 2.25. The van der Waals surface area contributed by atoms with Crippen LogP contribution < -0.4 is 16.0 Å². The van der Waals surface area contributed by atoms with Crippen LogP contribution in [0.25, 0.3) is 0 Å². The molecule has 1 unspecified atom stereocenters. The summed E-state index contributed by atoms with van der Waals surface area (Å²) in [4.78, 5) is 4.44. The molecule has 31 heavy (non-hydrogen) atoms.